The SMILES string of the molecule is C(CC1CCNCC1)CC1CCNCC1.CC(CN)CCCN. The molecule has 2 fully saturated rings. The second kappa shape index (κ2) is 14.2. The third kappa shape index (κ3) is 11.1. The Morgan fingerprint density at radius 3 is 1.70 bits per heavy atom. The van der Waals surface area contributed by atoms with Crippen molar-refractivity contribution in [2.24, 2.45) is 29.2 Å². The quantitative estimate of drug-likeness (QED) is 0.553. The summed E-state index contributed by atoms with van der Waals surface area (Å²) < 4.78 is 0. The van der Waals surface area contributed by atoms with Gasteiger partial charge in [0.15, 0.2) is 0 Å². The molecule has 138 valence electrons. The van der Waals surface area contributed by atoms with Crippen molar-refractivity contribution >= 4 is 0 Å². The minimum atomic E-state index is 0.651. The van der Waals surface area contributed by atoms with Gasteiger partial charge >= 0.3 is 0 Å². The van der Waals surface area contributed by atoms with Crippen molar-refractivity contribution in [3.8, 4) is 0 Å². The predicted octanol–water partition coefficient (Wildman–Crippen LogP) is 2.48. The molecule has 4 nitrogen and oxygen atoms in total. The van der Waals surface area contributed by atoms with Crippen LogP contribution in [0.5, 0.6) is 0 Å². The van der Waals surface area contributed by atoms with E-state index in [1.54, 1.807) is 0 Å². The highest BCUT2D eigenvalue weighted by Crippen LogP contribution is 2.23. The van der Waals surface area contributed by atoms with Gasteiger partial charge in [-0.3, -0.25) is 0 Å². The van der Waals surface area contributed by atoms with Crippen molar-refractivity contribution in [3.05, 3.63) is 0 Å². The number of hydrogen-bond acceptors (Lipinski definition) is 4. The number of rotatable bonds is 8. The third-order valence-electron chi connectivity index (χ3n) is 5.45. The van der Waals surface area contributed by atoms with Crippen LogP contribution < -0.4 is 22.1 Å². The van der Waals surface area contributed by atoms with E-state index >= 15 is 0 Å². The molecule has 0 aromatic heterocycles. The summed E-state index contributed by atoms with van der Waals surface area (Å²) in [6.45, 7) is 8.78. The Labute approximate surface area is 144 Å². The number of piperidine rings is 2. The second-order valence-corrected chi connectivity index (χ2v) is 7.59. The van der Waals surface area contributed by atoms with Crippen LogP contribution in [0.1, 0.15) is 64.7 Å². The molecular formula is C19H42N4. The molecule has 0 aliphatic carbocycles. The largest absolute Gasteiger partial charge is 0.330 e. The summed E-state index contributed by atoms with van der Waals surface area (Å²) in [6.07, 6.45) is 12.4. The van der Waals surface area contributed by atoms with Crippen molar-refractivity contribution in [2.75, 3.05) is 39.3 Å². The highest BCUT2D eigenvalue weighted by Gasteiger charge is 2.15. The lowest BCUT2D eigenvalue weighted by Gasteiger charge is -2.25. The summed E-state index contributed by atoms with van der Waals surface area (Å²) in [6, 6.07) is 0. The molecular weight excluding hydrogens is 284 g/mol. The summed E-state index contributed by atoms with van der Waals surface area (Å²) in [5.41, 5.74) is 10.7. The smallest absolute Gasteiger partial charge is 0.00463 e. The van der Waals surface area contributed by atoms with E-state index in [4.69, 9.17) is 11.5 Å². The zero-order chi connectivity index (χ0) is 16.8. The number of nitrogens with two attached hydrogens (primary N) is 2. The fourth-order valence-electron chi connectivity index (χ4n) is 3.62. The Bertz CT molecular complexity index is 230. The van der Waals surface area contributed by atoms with Crippen molar-refractivity contribution < 1.29 is 0 Å². The first kappa shape index (κ1) is 20.9. The van der Waals surface area contributed by atoms with E-state index in [1.807, 2.05) is 0 Å². The normalized spacial score (nSPS) is 21.5. The van der Waals surface area contributed by atoms with Gasteiger partial charge in [-0.25, -0.2) is 0 Å². The van der Waals surface area contributed by atoms with E-state index in [-0.39, 0.29) is 0 Å². The van der Waals surface area contributed by atoms with Gasteiger partial charge in [0.1, 0.15) is 0 Å². The molecule has 1 atom stereocenters. The molecule has 2 heterocycles. The van der Waals surface area contributed by atoms with Crippen molar-refractivity contribution in [3.63, 3.8) is 0 Å². The lowest BCUT2D eigenvalue weighted by molar-refractivity contribution is 0.304. The predicted molar refractivity (Wildman–Crippen MR) is 102 cm³/mol. The average Bonchev–Trinajstić information content (AvgIpc) is 2.62. The van der Waals surface area contributed by atoms with Gasteiger partial charge < -0.3 is 22.1 Å². The lowest BCUT2D eigenvalue weighted by Crippen LogP contribution is -2.29. The molecule has 1 unspecified atom stereocenters. The molecule has 0 saturated carbocycles. The molecule has 23 heavy (non-hydrogen) atoms. The van der Waals surface area contributed by atoms with E-state index in [1.165, 1.54) is 77.5 Å². The lowest BCUT2D eigenvalue weighted by atomic mass is 9.87. The fraction of sp³-hybridized carbons (Fsp3) is 1.00. The topological polar surface area (TPSA) is 76.1 Å². The standard InChI is InChI=1S/C13H26N2.C6H16N2/c1(2-12-4-8-14-9-5-12)3-13-6-10-15-11-7-13;1-6(5-8)3-2-4-7/h12-15H,1-11H2;6H,2-5,7-8H2,1H3. The Morgan fingerprint density at radius 2 is 1.30 bits per heavy atom. The van der Waals surface area contributed by atoms with Crippen LogP contribution in [-0.4, -0.2) is 39.3 Å². The van der Waals surface area contributed by atoms with Gasteiger partial charge in [-0.15, -0.1) is 0 Å². The summed E-state index contributed by atoms with van der Waals surface area (Å²) >= 11 is 0. The molecule has 0 aromatic carbocycles. The Morgan fingerprint density at radius 1 is 0.826 bits per heavy atom. The van der Waals surface area contributed by atoms with Gasteiger partial charge in [-0.05, 0) is 95.5 Å². The molecule has 2 aliphatic heterocycles. The van der Waals surface area contributed by atoms with Crippen LogP contribution in [-0.2, 0) is 0 Å². The minimum absolute atomic E-state index is 0.651. The summed E-state index contributed by atoms with van der Waals surface area (Å²) in [4.78, 5) is 0. The first-order chi connectivity index (χ1) is 11.3. The van der Waals surface area contributed by atoms with Crippen molar-refractivity contribution in [2.45, 2.75) is 64.7 Å². The molecule has 0 aromatic rings. The average molecular weight is 327 g/mol. The third-order valence-corrected chi connectivity index (χ3v) is 5.45. The Balaban J connectivity index is 0.000000284. The minimum Gasteiger partial charge on any atom is -0.330 e. The molecule has 0 spiro atoms. The molecule has 0 radical (unpaired) electrons. The summed E-state index contributed by atoms with van der Waals surface area (Å²) in [7, 11) is 0. The van der Waals surface area contributed by atoms with E-state index in [9.17, 15) is 0 Å². The molecule has 2 rings (SSSR count). The first-order valence-corrected chi connectivity index (χ1v) is 10.1. The summed E-state index contributed by atoms with van der Waals surface area (Å²) in [5, 5.41) is 6.89. The molecule has 0 bridgehead atoms. The van der Waals surface area contributed by atoms with Crippen LogP contribution in [0.3, 0.4) is 0 Å². The van der Waals surface area contributed by atoms with E-state index in [0.29, 0.717) is 5.92 Å². The van der Waals surface area contributed by atoms with Gasteiger partial charge in [-0.2, -0.15) is 0 Å². The zero-order valence-corrected chi connectivity index (χ0v) is 15.5. The van der Waals surface area contributed by atoms with Crippen molar-refractivity contribution in [1.82, 2.24) is 10.6 Å². The van der Waals surface area contributed by atoms with E-state index < -0.39 is 0 Å². The van der Waals surface area contributed by atoms with E-state index in [0.717, 1.165) is 31.3 Å². The maximum absolute atomic E-state index is 5.37. The van der Waals surface area contributed by atoms with Crippen LogP contribution in [0.15, 0.2) is 0 Å². The van der Waals surface area contributed by atoms with E-state index in [2.05, 4.69) is 17.6 Å². The highest BCUT2D eigenvalue weighted by molar-refractivity contribution is 4.71. The molecule has 2 saturated heterocycles. The highest BCUT2D eigenvalue weighted by atomic mass is 14.9. The fourth-order valence-corrected chi connectivity index (χ4v) is 3.62. The summed E-state index contributed by atoms with van der Waals surface area (Å²) in [5.74, 6) is 2.72. The molecule has 4 heteroatoms. The second-order valence-electron chi connectivity index (χ2n) is 7.59. The van der Waals surface area contributed by atoms with Gasteiger partial charge in [0.05, 0.1) is 0 Å². The van der Waals surface area contributed by atoms with Gasteiger partial charge in [0.25, 0.3) is 0 Å². The van der Waals surface area contributed by atoms with Gasteiger partial charge in [0, 0.05) is 0 Å². The first-order valence-electron chi connectivity index (χ1n) is 10.1. The maximum Gasteiger partial charge on any atom is -0.00463 e. The number of hydrogen-bond donors (Lipinski definition) is 4. The Kier molecular flexibility index (Phi) is 12.9. The zero-order valence-electron chi connectivity index (χ0n) is 15.5. The van der Waals surface area contributed by atoms with Gasteiger partial charge in [0.2, 0.25) is 0 Å². The van der Waals surface area contributed by atoms with Crippen molar-refractivity contribution in [1.29, 1.82) is 0 Å². The molecule has 6 N–H and O–H groups in total. The Hall–Kier alpha value is -0.160. The molecule has 2 aliphatic rings. The molecule has 0 amide bonds. The maximum atomic E-state index is 5.37. The number of nitrogens with one attached hydrogen (secondary N) is 2. The monoisotopic (exact) mass is 326 g/mol. The van der Waals surface area contributed by atoms with Crippen LogP contribution in [0.2, 0.25) is 0 Å². The van der Waals surface area contributed by atoms with Crippen LogP contribution in [0.4, 0.5) is 0 Å². The van der Waals surface area contributed by atoms with Gasteiger partial charge in [-0.1, -0.05) is 26.2 Å². The van der Waals surface area contributed by atoms with Crippen LogP contribution in [0.25, 0.3) is 0 Å². The van der Waals surface area contributed by atoms with Crippen LogP contribution >= 0.6 is 0 Å². The van der Waals surface area contributed by atoms with Crippen LogP contribution in [0, 0.1) is 17.8 Å².